The maximum Gasteiger partial charge on any atom is 0.318 e. The number of hydrogen-bond donors (Lipinski definition) is 2. The van der Waals surface area contributed by atoms with Crippen LogP contribution in [0.2, 0.25) is 0 Å². The molecule has 0 aliphatic carbocycles. The van der Waals surface area contributed by atoms with Gasteiger partial charge in [0.15, 0.2) is 11.5 Å². The van der Waals surface area contributed by atoms with E-state index in [1.807, 2.05) is 18.2 Å². The number of ether oxygens (including phenoxy) is 2. The zero-order valence-corrected chi connectivity index (χ0v) is 20.5. The van der Waals surface area contributed by atoms with Gasteiger partial charge in [-0.3, -0.25) is 9.78 Å². The number of hydrogen-bond acceptors (Lipinski definition) is 5. The quantitative estimate of drug-likeness (QED) is 0.526. The van der Waals surface area contributed by atoms with Crippen molar-refractivity contribution in [1.82, 2.24) is 20.5 Å². The molecule has 0 saturated carbocycles. The van der Waals surface area contributed by atoms with E-state index in [1.165, 1.54) is 12.1 Å². The Kier molecular flexibility index (Phi) is 7.68. The Morgan fingerprint density at radius 1 is 1.14 bits per heavy atom. The fraction of sp³-hybridized carbons (Fsp3) is 0.296. The molecule has 8 nitrogen and oxygen atoms in total. The second-order valence-electron chi connectivity index (χ2n) is 8.55. The number of rotatable bonds is 7. The molecule has 9 heteroatoms. The van der Waals surface area contributed by atoms with Crippen molar-refractivity contribution in [2.45, 2.75) is 32.0 Å². The van der Waals surface area contributed by atoms with E-state index in [9.17, 15) is 14.0 Å². The number of methoxy groups -OCH3 is 2. The van der Waals surface area contributed by atoms with Gasteiger partial charge in [-0.25, -0.2) is 9.18 Å². The zero-order chi connectivity index (χ0) is 25.7. The van der Waals surface area contributed by atoms with Gasteiger partial charge in [-0.1, -0.05) is 18.2 Å². The first kappa shape index (κ1) is 25.0. The molecule has 3 aromatic rings. The summed E-state index contributed by atoms with van der Waals surface area (Å²) in [5.74, 6) is 0.464. The van der Waals surface area contributed by atoms with E-state index in [0.29, 0.717) is 31.0 Å². The largest absolute Gasteiger partial charge is 0.493 e. The van der Waals surface area contributed by atoms with Gasteiger partial charge in [0.05, 0.1) is 20.3 Å². The highest BCUT2D eigenvalue weighted by Crippen LogP contribution is 2.41. The van der Waals surface area contributed by atoms with E-state index in [-0.39, 0.29) is 11.7 Å². The average Bonchev–Trinajstić information content (AvgIpc) is 2.91. The molecule has 2 heterocycles. The van der Waals surface area contributed by atoms with Crippen LogP contribution in [0, 0.1) is 5.82 Å². The second-order valence-corrected chi connectivity index (χ2v) is 8.55. The van der Waals surface area contributed by atoms with E-state index in [2.05, 4.69) is 15.6 Å². The number of nitrogens with zero attached hydrogens (tertiary/aromatic N) is 2. The van der Waals surface area contributed by atoms with Crippen LogP contribution >= 0.6 is 0 Å². The highest BCUT2D eigenvalue weighted by atomic mass is 19.1. The first-order chi connectivity index (χ1) is 17.4. The number of aromatic nitrogens is 1. The highest BCUT2D eigenvalue weighted by molar-refractivity contribution is 5.87. The number of urea groups is 1. The van der Waals surface area contributed by atoms with Crippen molar-refractivity contribution in [1.29, 1.82) is 0 Å². The molecule has 1 aromatic heterocycles. The molecule has 0 spiro atoms. The number of carbonyl (C=O) groups excluding carboxylic acids is 2. The summed E-state index contributed by atoms with van der Waals surface area (Å²) in [6.07, 6.45) is 3.92. The zero-order valence-electron chi connectivity index (χ0n) is 20.5. The molecule has 0 unspecified atom stereocenters. The molecule has 3 amide bonds. The predicted octanol–water partition coefficient (Wildman–Crippen LogP) is 3.60. The van der Waals surface area contributed by atoms with Crippen molar-refractivity contribution in [3.05, 3.63) is 89.0 Å². The molecule has 36 heavy (non-hydrogen) atoms. The van der Waals surface area contributed by atoms with E-state index in [4.69, 9.17) is 9.47 Å². The van der Waals surface area contributed by atoms with Gasteiger partial charge in [0.1, 0.15) is 11.9 Å². The van der Waals surface area contributed by atoms with Crippen LogP contribution in [-0.2, 0) is 17.8 Å². The Hall–Kier alpha value is -4.14. The molecular formula is C27H29FN4O4. The smallest absolute Gasteiger partial charge is 0.318 e. The Morgan fingerprint density at radius 3 is 2.53 bits per heavy atom. The lowest BCUT2D eigenvalue weighted by molar-refractivity contribution is -0.122. The monoisotopic (exact) mass is 492 g/mol. The fourth-order valence-corrected chi connectivity index (χ4v) is 4.35. The molecule has 4 rings (SSSR count). The average molecular weight is 493 g/mol. The summed E-state index contributed by atoms with van der Waals surface area (Å²) >= 11 is 0. The summed E-state index contributed by atoms with van der Waals surface area (Å²) in [5.41, 5.74) is 3.47. The van der Waals surface area contributed by atoms with Gasteiger partial charge in [-0.15, -0.1) is 0 Å². The third-order valence-corrected chi connectivity index (χ3v) is 6.24. The highest BCUT2D eigenvalue weighted by Gasteiger charge is 2.34. The molecule has 2 N–H and O–H groups in total. The minimum absolute atomic E-state index is 0.309. The van der Waals surface area contributed by atoms with Crippen LogP contribution in [0.25, 0.3) is 0 Å². The SMILES string of the molecule is COc1cc2c(cc1OC)[C@H](c1ccc(F)cc1)N(C(=O)N[C@H](C)C(=O)NCc1cccnc1)CC2. The van der Waals surface area contributed by atoms with E-state index in [0.717, 1.165) is 22.3 Å². The van der Waals surface area contributed by atoms with E-state index in [1.54, 1.807) is 56.6 Å². The molecule has 1 aliphatic heterocycles. The maximum absolute atomic E-state index is 13.7. The molecule has 0 saturated heterocycles. The number of nitrogens with one attached hydrogen (secondary N) is 2. The Morgan fingerprint density at radius 2 is 1.86 bits per heavy atom. The Bertz CT molecular complexity index is 1220. The normalized spacial score (nSPS) is 15.4. The van der Waals surface area contributed by atoms with Crippen LogP contribution in [0.1, 0.15) is 35.2 Å². The molecule has 2 aromatic carbocycles. The number of amides is 3. The van der Waals surface area contributed by atoms with Crippen molar-refractivity contribution in [3.8, 4) is 11.5 Å². The van der Waals surface area contributed by atoms with Gasteiger partial charge in [0.2, 0.25) is 5.91 Å². The third-order valence-electron chi connectivity index (χ3n) is 6.24. The number of benzene rings is 2. The first-order valence-corrected chi connectivity index (χ1v) is 11.6. The summed E-state index contributed by atoms with van der Waals surface area (Å²) in [6.45, 7) is 2.35. The summed E-state index contributed by atoms with van der Waals surface area (Å²) in [4.78, 5) is 31.8. The number of pyridine rings is 1. The lowest BCUT2D eigenvalue weighted by Gasteiger charge is -2.38. The summed E-state index contributed by atoms with van der Waals surface area (Å²) in [5, 5.41) is 5.62. The van der Waals surface area contributed by atoms with Gasteiger partial charge in [0.25, 0.3) is 0 Å². The van der Waals surface area contributed by atoms with Crippen molar-refractivity contribution < 1.29 is 23.5 Å². The molecular weight excluding hydrogens is 463 g/mol. The van der Waals surface area contributed by atoms with Crippen LogP contribution < -0.4 is 20.1 Å². The standard InChI is InChI=1S/C27H29FN4O4/c1-17(26(33)30-16-18-5-4-11-29-15-18)31-27(34)32-12-10-20-13-23(35-2)24(36-3)14-22(20)25(32)19-6-8-21(28)9-7-19/h4-9,11,13-15,17,25H,10,12,16H2,1-3H3,(H,30,33)(H,31,34)/t17-,25+/m1/s1. The first-order valence-electron chi connectivity index (χ1n) is 11.6. The third kappa shape index (κ3) is 5.40. The molecule has 0 fully saturated rings. The van der Waals surface area contributed by atoms with Gasteiger partial charge in [-0.05, 0) is 65.9 Å². The van der Waals surface area contributed by atoms with Crippen LogP contribution in [0.4, 0.5) is 9.18 Å². The van der Waals surface area contributed by atoms with Crippen LogP contribution in [0.3, 0.4) is 0 Å². The van der Waals surface area contributed by atoms with Gasteiger partial charge in [0, 0.05) is 25.5 Å². The molecule has 2 atom stereocenters. The van der Waals surface area contributed by atoms with Gasteiger partial charge in [-0.2, -0.15) is 0 Å². The number of halogens is 1. The lowest BCUT2D eigenvalue weighted by atomic mass is 9.88. The van der Waals surface area contributed by atoms with Crippen molar-refractivity contribution in [2.75, 3.05) is 20.8 Å². The Balaban J connectivity index is 1.57. The summed E-state index contributed by atoms with van der Waals surface area (Å²) in [7, 11) is 3.13. The van der Waals surface area contributed by atoms with Gasteiger partial charge >= 0.3 is 6.03 Å². The summed E-state index contributed by atoms with van der Waals surface area (Å²) < 4.78 is 24.7. The predicted molar refractivity (Wildman–Crippen MR) is 132 cm³/mol. The molecule has 0 radical (unpaired) electrons. The van der Waals surface area contributed by atoms with Gasteiger partial charge < -0.3 is 25.0 Å². The minimum Gasteiger partial charge on any atom is -0.493 e. The van der Waals surface area contributed by atoms with E-state index >= 15 is 0 Å². The molecule has 1 aliphatic rings. The number of fused-ring (bicyclic) bond motifs is 1. The lowest BCUT2D eigenvalue weighted by Crippen LogP contribution is -2.52. The Labute approximate surface area is 209 Å². The van der Waals surface area contributed by atoms with Crippen molar-refractivity contribution in [2.24, 2.45) is 0 Å². The molecule has 188 valence electrons. The minimum atomic E-state index is -0.769. The molecule has 0 bridgehead atoms. The topological polar surface area (TPSA) is 92.8 Å². The van der Waals surface area contributed by atoms with E-state index < -0.39 is 18.1 Å². The fourth-order valence-electron chi connectivity index (χ4n) is 4.35. The van der Waals surface area contributed by atoms with Crippen LogP contribution in [0.5, 0.6) is 11.5 Å². The summed E-state index contributed by atoms with van der Waals surface area (Å²) in [6, 6.07) is 11.8. The van der Waals surface area contributed by atoms with Crippen molar-refractivity contribution >= 4 is 11.9 Å². The number of carbonyl (C=O) groups is 2. The maximum atomic E-state index is 13.7. The van der Waals surface area contributed by atoms with Crippen LogP contribution in [0.15, 0.2) is 60.9 Å². The second kappa shape index (κ2) is 11.1. The van der Waals surface area contributed by atoms with Crippen LogP contribution in [-0.4, -0.2) is 48.6 Å². The van der Waals surface area contributed by atoms with Crippen molar-refractivity contribution in [3.63, 3.8) is 0 Å².